The SMILES string of the molecule is C#CCNc1nc(NCC#C)nc(NCc2cn(CCOCCn3cc(CNc4nc(NCC#C)nc(NCC#C)n4)nn3)nn2)n1. The van der Waals surface area contributed by atoms with Crippen molar-refractivity contribution in [1.82, 2.24) is 59.9 Å². The Bertz CT molecular complexity index is 1550. The number of rotatable bonds is 20. The fraction of sp³-hybridized carbons (Fsp3) is 0.357. The highest BCUT2D eigenvalue weighted by atomic mass is 16.5. The van der Waals surface area contributed by atoms with Gasteiger partial charge in [0.2, 0.25) is 35.7 Å². The summed E-state index contributed by atoms with van der Waals surface area (Å²) < 4.78 is 9.13. The van der Waals surface area contributed by atoms with Gasteiger partial charge in [-0.05, 0) is 0 Å². The van der Waals surface area contributed by atoms with Crippen molar-refractivity contribution in [3.63, 3.8) is 0 Å². The topological polar surface area (TPSA) is 220 Å². The van der Waals surface area contributed by atoms with E-state index in [0.717, 1.165) is 0 Å². The van der Waals surface area contributed by atoms with E-state index in [-0.39, 0.29) is 26.2 Å². The van der Waals surface area contributed by atoms with Crippen molar-refractivity contribution < 1.29 is 4.74 Å². The summed E-state index contributed by atoms with van der Waals surface area (Å²) in [5.41, 5.74) is 1.37. The quantitative estimate of drug-likeness (QED) is 0.0525. The van der Waals surface area contributed by atoms with Gasteiger partial charge in [-0.15, -0.1) is 35.9 Å². The fourth-order valence-corrected chi connectivity index (χ4v) is 3.56. The molecule has 0 unspecified atom stereocenters. The van der Waals surface area contributed by atoms with Crippen molar-refractivity contribution in [2.75, 3.05) is 71.3 Å². The summed E-state index contributed by atoms with van der Waals surface area (Å²) >= 11 is 0. The molecule has 0 saturated carbocycles. The zero-order chi connectivity index (χ0) is 33.1. The van der Waals surface area contributed by atoms with Crippen molar-refractivity contribution in [3.8, 4) is 49.4 Å². The molecule has 240 valence electrons. The van der Waals surface area contributed by atoms with Gasteiger partial charge in [-0.25, -0.2) is 9.36 Å². The molecule has 0 aliphatic carbocycles. The molecule has 0 aliphatic heterocycles. The second-order valence-corrected chi connectivity index (χ2v) is 9.11. The highest BCUT2D eigenvalue weighted by Crippen LogP contribution is 2.11. The number of hydrogen-bond donors (Lipinski definition) is 6. The van der Waals surface area contributed by atoms with Gasteiger partial charge in [0.15, 0.2) is 0 Å². The lowest BCUT2D eigenvalue weighted by Gasteiger charge is -2.08. The Kier molecular flexibility index (Phi) is 12.8. The molecule has 4 aromatic rings. The van der Waals surface area contributed by atoms with Crippen LogP contribution in [0.1, 0.15) is 11.4 Å². The predicted molar refractivity (Wildman–Crippen MR) is 174 cm³/mol. The van der Waals surface area contributed by atoms with Gasteiger partial charge in [0.05, 0.1) is 78.0 Å². The van der Waals surface area contributed by atoms with E-state index in [4.69, 9.17) is 30.4 Å². The smallest absolute Gasteiger partial charge is 0.230 e. The average molecular weight is 637 g/mol. The van der Waals surface area contributed by atoms with Crippen LogP contribution < -0.4 is 31.9 Å². The third kappa shape index (κ3) is 11.4. The molecular weight excluding hydrogens is 604 g/mol. The minimum atomic E-state index is 0.260. The van der Waals surface area contributed by atoms with Crippen molar-refractivity contribution in [2.45, 2.75) is 26.2 Å². The molecular formula is C28H32N18O. The van der Waals surface area contributed by atoms with Crippen molar-refractivity contribution >= 4 is 35.7 Å². The minimum Gasteiger partial charge on any atom is -0.378 e. The number of anilines is 6. The molecule has 4 heterocycles. The van der Waals surface area contributed by atoms with Gasteiger partial charge in [-0.3, -0.25) is 0 Å². The molecule has 0 bridgehead atoms. The second kappa shape index (κ2) is 18.2. The summed E-state index contributed by atoms with van der Waals surface area (Å²) in [6, 6.07) is 0. The van der Waals surface area contributed by atoms with Gasteiger partial charge in [0, 0.05) is 0 Å². The summed E-state index contributed by atoms with van der Waals surface area (Å²) in [5, 5.41) is 34.5. The molecule has 0 fully saturated rings. The first-order valence-electron chi connectivity index (χ1n) is 14.1. The van der Waals surface area contributed by atoms with E-state index in [2.05, 4.69) is 106 Å². The van der Waals surface area contributed by atoms with E-state index < -0.39 is 0 Å². The predicted octanol–water partition coefficient (Wildman–Crippen LogP) is -0.639. The first kappa shape index (κ1) is 33.2. The number of nitrogens with one attached hydrogen (secondary N) is 6. The number of terminal acetylenes is 4. The molecule has 0 saturated heterocycles. The van der Waals surface area contributed by atoms with E-state index in [9.17, 15) is 0 Å². The maximum absolute atomic E-state index is 5.75. The third-order valence-electron chi connectivity index (χ3n) is 5.62. The molecule has 4 rings (SSSR count). The molecule has 0 radical (unpaired) electrons. The summed E-state index contributed by atoms with van der Waals surface area (Å²) in [5.74, 6) is 11.8. The molecule has 0 aliphatic rings. The molecule has 0 aromatic carbocycles. The lowest BCUT2D eigenvalue weighted by molar-refractivity contribution is 0.113. The van der Waals surface area contributed by atoms with Crippen LogP contribution in [-0.2, 0) is 30.9 Å². The van der Waals surface area contributed by atoms with Gasteiger partial charge >= 0.3 is 0 Å². The number of nitrogens with zero attached hydrogens (tertiary/aromatic N) is 12. The molecule has 6 N–H and O–H groups in total. The van der Waals surface area contributed by atoms with Gasteiger partial charge in [0.1, 0.15) is 11.4 Å². The Morgan fingerprint density at radius 1 is 0.511 bits per heavy atom. The van der Waals surface area contributed by atoms with Gasteiger partial charge < -0.3 is 36.6 Å². The van der Waals surface area contributed by atoms with Crippen LogP contribution in [0.15, 0.2) is 12.4 Å². The molecule has 0 atom stereocenters. The Balaban J connectivity index is 1.17. The lowest BCUT2D eigenvalue weighted by Crippen LogP contribution is -2.13. The van der Waals surface area contributed by atoms with Crippen LogP contribution in [0.3, 0.4) is 0 Å². The van der Waals surface area contributed by atoms with Gasteiger partial charge in [0.25, 0.3) is 0 Å². The van der Waals surface area contributed by atoms with Crippen LogP contribution in [-0.4, -0.2) is 99.3 Å². The van der Waals surface area contributed by atoms with Crippen LogP contribution in [0.25, 0.3) is 0 Å². The van der Waals surface area contributed by atoms with E-state index in [0.29, 0.717) is 86.5 Å². The van der Waals surface area contributed by atoms with Crippen molar-refractivity contribution in [3.05, 3.63) is 23.8 Å². The van der Waals surface area contributed by atoms with E-state index in [1.54, 1.807) is 21.8 Å². The molecule has 0 spiro atoms. The molecule has 0 amide bonds. The second-order valence-electron chi connectivity index (χ2n) is 9.11. The average Bonchev–Trinajstić information content (AvgIpc) is 3.75. The highest BCUT2D eigenvalue weighted by Gasteiger charge is 2.09. The zero-order valence-electron chi connectivity index (χ0n) is 25.3. The summed E-state index contributed by atoms with van der Waals surface area (Å²) in [7, 11) is 0. The van der Waals surface area contributed by atoms with Crippen LogP contribution >= 0.6 is 0 Å². The normalized spacial score (nSPS) is 10.1. The lowest BCUT2D eigenvalue weighted by atomic mass is 10.4. The number of aromatic nitrogens is 12. The summed E-state index contributed by atoms with van der Waals surface area (Å²) in [6.07, 6.45) is 24.8. The van der Waals surface area contributed by atoms with Gasteiger partial charge in [-0.1, -0.05) is 34.1 Å². The Morgan fingerprint density at radius 3 is 1.15 bits per heavy atom. The largest absolute Gasteiger partial charge is 0.378 e. The Hall–Kier alpha value is -6.70. The van der Waals surface area contributed by atoms with Gasteiger partial charge in [-0.2, -0.15) is 29.9 Å². The fourth-order valence-electron chi connectivity index (χ4n) is 3.56. The standard InChI is InChI=1S/C28H32N18O/c1-5-9-29-23-35-24(30-10-6-2)38-27(37-23)33-17-21-19-45(43-41-21)13-15-47-16-14-46-20-22(42-44-46)18-34-28-39-25(31-11-7-3)36-26(40-28)32-12-8-4/h1-4,19-20H,9-18H2,(H3,29,30,33,35,37,38)(H3,31,32,34,36,39,40). The molecule has 4 aromatic heterocycles. The first-order valence-corrected chi connectivity index (χ1v) is 14.1. The third-order valence-corrected chi connectivity index (χ3v) is 5.62. The molecule has 19 heteroatoms. The maximum Gasteiger partial charge on any atom is 0.230 e. The zero-order valence-corrected chi connectivity index (χ0v) is 25.3. The maximum atomic E-state index is 5.75. The van der Waals surface area contributed by atoms with Crippen LogP contribution in [0.4, 0.5) is 35.7 Å². The minimum absolute atomic E-state index is 0.260. The van der Waals surface area contributed by atoms with Crippen LogP contribution in [0.5, 0.6) is 0 Å². The van der Waals surface area contributed by atoms with E-state index in [1.165, 1.54) is 0 Å². The molecule has 47 heavy (non-hydrogen) atoms. The monoisotopic (exact) mass is 636 g/mol. The number of ether oxygens (including phenoxy) is 1. The number of hydrogen-bond acceptors (Lipinski definition) is 17. The first-order chi connectivity index (χ1) is 23.1. The van der Waals surface area contributed by atoms with Crippen LogP contribution in [0.2, 0.25) is 0 Å². The summed E-state index contributed by atoms with van der Waals surface area (Å²) in [6.45, 7) is 3.57. The van der Waals surface area contributed by atoms with Crippen molar-refractivity contribution in [2.24, 2.45) is 0 Å². The van der Waals surface area contributed by atoms with Crippen LogP contribution in [0, 0.1) is 49.4 Å². The Labute approximate surface area is 270 Å². The Morgan fingerprint density at radius 2 is 0.830 bits per heavy atom. The van der Waals surface area contributed by atoms with Crippen molar-refractivity contribution in [1.29, 1.82) is 0 Å². The van der Waals surface area contributed by atoms with E-state index >= 15 is 0 Å². The molecule has 19 nitrogen and oxygen atoms in total. The summed E-state index contributed by atoms with van der Waals surface area (Å²) in [4.78, 5) is 25.7. The van der Waals surface area contributed by atoms with E-state index in [1.807, 2.05) is 0 Å². The highest BCUT2D eigenvalue weighted by molar-refractivity contribution is 5.44.